The van der Waals surface area contributed by atoms with Gasteiger partial charge in [-0.25, -0.2) is 0 Å². The minimum absolute atomic E-state index is 0.0550. The summed E-state index contributed by atoms with van der Waals surface area (Å²) >= 11 is 5.68. The van der Waals surface area contributed by atoms with Crippen molar-refractivity contribution in [2.75, 3.05) is 0 Å². The van der Waals surface area contributed by atoms with Gasteiger partial charge in [-0.2, -0.15) is 13.2 Å². The summed E-state index contributed by atoms with van der Waals surface area (Å²) in [5.74, 6) is 0.0175. The number of ether oxygens (including phenoxy) is 1. The highest BCUT2D eigenvalue weighted by molar-refractivity contribution is 6.32. The molecule has 0 atom stereocenters. The first-order chi connectivity index (χ1) is 8.88. The summed E-state index contributed by atoms with van der Waals surface area (Å²) in [6.45, 7) is 0. The molecule has 0 fully saturated rings. The van der Waals surface area contributed by atoms with Gasteiger partial charge in [0.25, 0.3) is 0 Å². The van der Waals surface area contributed by atoms with Gasteiger partial charge in [-0.05, 0) is 24.3 Å². The van der Waals surface area contributed by atoms with Gasteiger partial charge in [0.2, 0.25) is 0 Å². The maximum atomic E-state index is 12.7. The van der Waals surface area contributed by atoms with Crippen molar-refractivity contribution < 1.29 is 23.0 Å². The molecule has 0 bridgehead atoms. The molecule has 2 rings (SSSR count). The zero-order chi connectivity index (χ0) is 14.0. The standard InChI is InChI=1S/C13H8ClF3O2/c14-12-10(13(15,16)17)5-2-6-11(12)19-9-4-1-3-8(18)7-9/h1-7,18H. The molecule has 6 heteroatoms. The summed E-state index contributed by atoms with van der Waals surface area (Å²) < 4.78 is 43.2. The zero-order valence-electron chi connectivity index (χ0n) is 9.41. The molecule has 2 aromatic carbocycles. The molecule has 0 aliphatic carbocycles. The van der Waals surface area contributed by atoms with Crippen LogP contribution in [0.5, 0.6) is 17.2 Å². The molecule has 0 aliphatic heterocycles. The fourth-order valence-corrected chi connectivity index (χ4v) is 1.75. The Labute approximate surface area is 112 Å². The van der Waals surface area contributed by atoms with Crippen molar-refractivity contribution >= 4 is 11.6 Å². The van der Waals surface area contributed by atoms with Crippen LogP contribution in [0, 0.1) is 0 Å². The highest BCUT2D eigenvalue weighted by Gasteiger charge is 2.34. The Kier molecular flexibility index (Phi) is 3.57. The van der Waals surface area contributed by atoms with E-state index in [-0.39, 0.29) is 17.2 Å². The van der Waals surface area contributed by atoms with Crippen molar-refractivity contribution in [1.82, 2.24) is 0 Å². The van der Waals surface area contributed by atoms with Crippen molar-refractivity contribution in [2.24, 2.45) is 0 Å². The minimum atomic E-state index is -4.55. The molecule has 0 spiro atoms. The SMILES string of the molecule is Oc1cccc(Oc2cccc(C(F)(F)F)c2Cl)c1. The number of rotatable bonds is 2. The van der Waals surface area contributed by atoms with E-state index in [9.17, 15) is 18.3 Å². The summed E-state index contributed by atoms with van der Waals surface area (Å²) in [5, 5.41) is 8.74. The lowest BCUT2D eigenvalue weighted by molar-refractivity contribution is -0.137. The monoisotopic (exact) mass is 288 g/mol. The fraction of sp³-hybridized carbons (Fsp3) is 0.0769. The molecule has 2 nitrogen and oxygen atoms in total. The molecule has 2 aromatic rings. The molecule has 0 saturated carbocycles. The molecule has 0 amide bonds. The number of aromatic hydroxyl groups is 1. The average Bonchev–Trinajstić information content (AvgIpc) is 2.30. The lowest BCUT2D eigenvalue weighted by Crippen LogP contribution is -2.06. The van der Waals surface area contributed by atoms with Crippen LogP contribution >= 0.6 is 11.6 Å². The Morgan fingerprint density at radius 1 is 1.05 bits per heavy atom. The van der Waals surface area contributed by atoms with Gasteiger partial charge in [-0.3, -0.25) is 0 Å². The molecule has 0 unspecified atom stereocenters. The second kappa shape index (κ2) is 5.01. The van der Waals surface area contributed by atoms with Gasteiger partial charge in [0.15, 0.2) is 0 Å². The summed E-state index contributed by atoms with van der Waals surface area (Å²) in [5.41, 5.74) is -0.966. The maximum absolute atomic E-state index is 12.7. The van der Waals surface area contributed by atoms with Crippen LogP contribution in [-0.4, -0.2) is 5.11 Å². The van der Waals surface area contributed by atoms with E-state index >= 15 is 0 Å². The Hall–Kier alpha value is -1.88. The van der Waals surface area contributed by atoms with Crippen molar-refractivity contribution in [3.63, 3.8) is 0 Å². The van der Waals surface area contributed by atoms with Gasteiger partial charge in [-0.1, -0.05) is 23.7 Å². The van der Waals surface area contributed by atoms with E-state index in [1.165, 1.54) is 36.4 Å². The molecule has 100 valence electrons. The molecule has 0 heterocycles. The molecule has 0 saturated heterocycles. The van der Waals surface area contributed by atoms with Crippen LogP contribution in [0.4, 0.5) is 13.2 Å². The first kappa shape index (κ1) is 13.5. The van der Waals surface area contributed by atoms with Crippen molar-refractivity contribution in [1.29, 1.82) is 0 Å². The van der Waals surface area contributed by atoms with Gasteiger partial charge in [0.05, 0.1) is 10.6 Å². The molecule has 0 aliphatic rings. The molecular weight excluding hydrogens is 281 g/mol. The molecule has 0 radical (unpaired) electrons. The van der Waals surface area contributed by atoms with Gasteiger partial charge in [0.1, 0.15) is 17.2 Å². The number of halogens is 4. The molecule has 1 N–H and O–H groups in total. The first-order valence-electron chi connectivity index (χ1n) is 5.20. The van der Waals surface area contributed by atoms with Crippen LogP contribution in [0.2, 0.25) is 5.02 Å². The van der Waals surface area contributed by atoms with E-state index in [4.69, 9.17) is 16.3 Å². The number of benzene rings is 2. The third kappa shape index (κ3) is 3.12. The highest BCUT2D eigenvalue weighted by Crippen LogP contribution is 2.40. The second-order valence-electron chi connectivity index (χ2n) is 3.71. The van der Waals surface area contributed by atoms with Crippen LogP contribution in [0.15, 0.2) is 42.5 Å². The molecule has 19 heavy (non-hydrogen) atoms. The zero-order valence-corrected chi connectivity index (χ0v) is 10.2. The van der Waals surface area contributed by atoms with E-state index in [0.717, 1.165) is 6.07 Å². The summed E-state index contributed by atoms with van der Waals surface area (Å²) in [6, 6.07) is 9.09. The van der Waals surface area contributed by atoms with E-state index in [1.807, 2.05) is 0 Å². The largest absolute Gasteiger partial charge is 0.508 e. The topological polar surface area (TPSA) is 29.5 Å². The summed E-state index contributed by atoms with van der Waals surface area (Å²) in [6.07, 6.45) is -4.55. The third-order valence-corrected chi connectivity index (χ3v) is 2.70. The Bertz CT molecular complexity index is 597. The number of alkyl halides is 3. The minimum Gasteiger partial charge on any atom is -0.508 e. The van der Waals surface area contributed by atoms with Crippen LogP contribution in [-0.2, 0) is 6.18 Å². The lowest BCUT2D eigenvalue weighted by atomic mass is 10.2. The van der Waals surface area contributed by atoms with Gasteiger partial charge >= 0.3 is 6.18 Å². The van der Waals surface area contributed by atoms with E-state index < -0.39 is 16.8 Å². The van der Waals surface area contributed by atoms with Crippen LogP contribution in [0.3, 0.4) is 0 Å². The van der Waals surface area contributed by atoms with Crippen molar-refractivity contribution in [3.05, 3.63) is 53.1 Å². The van der Waals surface area contributed by atoms with Crippen molar-refractivity contribution in [2.45, 2.75) is 6.18 Å². The van der Waals surface area contributed by atoms with Crippen LogP contribution < -0.4 is 4.74 Å². The van der Waals surface area contributed by atoms with Crippen LogP contribution in [0.25, 0.3) is 0 Å². The Morgan fingerprint density at radius 2 is 1.74 bits per heavy atom. The second-order valence-corrected chi connectivity index (χ2v) is 4.09. The molecular formula is C13H8ClF3O2. The number of hydrogen-bond acceptors (Lipinski definition) is 2. The maximum Gasteiger partial charge on any atom is 0.417 e. The lowest BCUT2D eigenvalue weighted by Gasteiger charge is -2.13. The predicted octanol–water partition coefficient (Wildman–Crippen LogP) is 4.86. The van der Waals surface area contributed by atoms with Crippen molar-refractivity contribution in [3.8, 4) is 17.2 Å². The number of phenolic OH excluding ortho intramolecular Hbond substituents is 1. The Balaban J connectivity index is 2.36. The van der Waals surface area contributed by atoms with Gasteiger partial charge in [0, 0.05) is 6.07 Å². The number of hydrogen-bond donors (Lipinski definition) is 1. The predicted molar refractivity (Wildman–Crippen MR) is 64.6 cm³/mol. The van der Waals surface area contributed by atoms with E-state index in [1.54, 1.807) is 0 Å². The summed E-state index contributed by atoms with van der Waals surface area (Å²) in [4.78, 5) is 0. The van der Waals surface area contributed by atoms with Gasteiger partial charge < -0.3 is 9.84 Å². The molecule has 0 aromatic heterocycles. The number of phenols is 1. The Morgan fingerprint density at radius 3 is 2.37 bits per heavy atom. The summed E-state index contributed by atoms with van der Waals surface area (Å²) in [7, 11) is 0. The van der Waals surface area contributed by atoms with E-state index in [2.05, 4.69) is 0 Å². The normalized spacial score (nSPS) is 11.4. The third-order valence-electron chi connectivity index (χ3n) is 2.31. The highest BCUT2D eigenvalue weighted by atomic mass is 35.5. The quantitative estimate of drug-likeness (QED) is 0.855. The van der Waals surface area contributed by atoms with E-state index in [0.29, 0.717) is 0 Å². The first-order valence-corrected chi connectivity index (χ1v) is 5.58. The van der Waals surface area contributed by atoms with Crippen LogP contribution in [0.1, 0.15) is 5.56 Å². The smallest absolute Gasteiger partial charge is 0.417 e. The fourth-order valence-electron chi connectivity index (χ4n) is 1.48. The van der Waals surface area contributed by atoms with Gasteiger partial charge in [-0.15, -0.1) is 0 Å². The average molecular weight is 289 g/mol.